The Hall–Kier alpha value is -4.02. The van der Waals surface area contributed by atoms with E-state index in [1.807, 2.05) is 41.1 Å². The third kappa shape index (κ3) is 3.13. The van der Waals surface area contributed by atoms with Gasteiger partial charge in [0.15, 0.2) is 10.7 Å². The molecule has 0 aliphatic carbocycles. The van der Waals surface area contributed by atoms with Gasteiger partial charge in [-0.15, -0.1) is 10.2 Å². The molecule has 9 nitrogen and oxygen atoms in total. The summed E-state index contributed by atoms with van der Waals surface area (Å²) in [6.45, 7) is 0. The summed E-state index contributed by atoms with van der Waals surface area (Å²) in [7, 11) is 0. The number of hydrogen-bond donors (Lipinski definition) is 3. The summed E-state index contributed by atoms with van der Waals surface area (Å²) in [5, 5.41) is 30.8. The fourth-order valence-corrected chi connectivity index (χ4v) is 4.42. The van der Waals surface area contributed by atoms with Crippen molar-refractivity contribution in [3.05, 3.63) is 66.2 Å². The molecule has 0 saturated heterocycles. The minimum absolute atomic E-state index is 0.209. The maximum Gasteiger partial charge on any atom is 0.210 e. The second-order valence-electron chi connectivity index (χ2n) is 6.98. The third-order valence-electron chi connectivity index (χ3n) is 4.97. The van der Waals surface area contributed by atoms with Gasteiger partial charge in [0, 0.05) is 29.5 Å². The first kappa shape index (κ1) is 18.7. The lowest BCUT2D eigenvalue weighted by molar-refractivity contribution is 0.475. The lowest BCUT2D eigenvalue weighted by Gasteiger charge is -2.05. The van der Waals surface area contributed by atoms with Gasteiger partial charge in [-0.25, -0.2) is 9.97 Å². The van der Waals surface area contributed by atoms with E-state index in [0.717, 1.165) is 22.2 Å². The molecular weight excluding hydrogens is 448 g/mol. The van der Waals surface area contributed by atoms with Crippen molar-refractivity contribution in [1.29, 1.82) is 0 Å². The van der Waals surface area contributed by atoms with Gasteiger partial charge in [-0.1, -0.05) is 22.9 Å². The average molecular weight is 461 g/mol. The first-order valence-corrected chi connectivity index (χ1v) is 10.7. The number of phenolic OH excluding ortho intramolecular Hbond substituents is 1. The van der Waals surface area contributed by atoms with Gasteiger partial charge in [-0.3, -0.25) is 5.10 Å². The number of H-pyrrole nitrogens is 1. The van der Waals surface area contributed by atoms with E-state index < -0.39 is 0 Å². The summed E-state index contributed by atoms with van der Waals surface area (Å²) in [5.41, 5.74) is 4.52. The molecule has 156 valence electrons. The quantitative estimate of drug-likeness (QED) is 0.342. The SMILES string of the molecule is Oc1ccc(-c2cn3ccnc(-c4nnc(Nc5ccc6[nH]ncc6c5Cl)s4)c3n2)cc1. The topological polar surface area (TPSA) is 117 Å². The van der Waals surface area contributed by atoms with Crippen LogP contribution in [-0.2, 0) is 0 Å². The summed E-state index contributed by atoms with van der Waals surface area (Å²) in [4.78, 5) is 9.22. The molecule has 0 aliphatic heterocycles. The van der Waals surface area contributed by atoms with Gasteiger partial charge in [0.05, 0.1) is 28.1 Å². The van der Waals surface area contributed by atoms with Crippen LogP contribution in [-0.4, -0.2) is 39.9 Å². The number of rotatable bonds is 4. The van der Waals surface area contributed by atoms with Crippen LogP contribution in [0.5, 0.6) is 5.75 Å². The van der Waals surface area contributed by atoms with E-state index in [-0.39, 0.29) is 5.75 Å². The van der Waals surface area contributed by atoms with Gasteiger partial charge in [-0.05, 0) is 36.4 Å². The highest BCUT2D eigenvalue weighted by atomic mass is 35.5. The normalized spacial score (nSPS) is 11.4. The molecule has 4 aromatic heterocycles. The van der Waals surface area contributed by atoms with E-state index in [2.05, 4.69) is 30.7 Å². The number of benzene rings is 2. The highest BCUT2D eigenvalue weighted by Crippen LogP contribution is 2.35. The van der Waals surface area contributed by atoms with Crippen molar-refractivity contribution < 1.29 is 5.11 Å². The molecule has 0 fully saturated rings. The van der Waals surface area contributed by atoms with Crippen LogP contribution in [0.4, 0.5) is 10.8 Å². The number of hydrogen-bond acceptors (Lipinski definition) is 8. The fourth-order valence-electron chi connectivity index (χ4n) is 3.41. The van der Waals surface area contributed by atoms with E-state index in [0.29, 0.717) is 32.2 Å². The van der Waals surface area contributed by atoms with Crippen molar-refractivity contribution in [1.82, 2.24) is 34.8 Å². The molecular formula is C21H13ClN8OS. The molecule has 6 rings (SSSR count). The highest BCUT2D eigenvalue weighted by molar-refractivity contribution is 7.18. The Balaban J connectivity index is 1.35. The molecule has 11 heteroatoms. The molecule has 0 atom stereocenters. The number of nitrogens with zero attached hydrogens (tertiary/aromatic N) is 6. The maximum atomic E-state index is 9.53. The van der Waals surface area contributed by atoms with Crippen LogP contribution in [0.2, 0.25) is 5.02 Å². The van der Waals surface area contributed by atoms with E-state index in [9.17, 15) is 5.11 Å². The molecule has 0 radical (unpaired) electrons. The first-order chi connectivity index (χ1) is 15.7. The summed E-state index contributed by atoms with van der Waals surface area (Å²) in [6, 6.07) is 10.7. The number of imidazole rings is 1. The molecule has 0 bridgehead atoms. The Kier molecular flexibility index (Phi) is 4.27. The summed E-state index contributed by atoms with van der Waals surface area (Å²) in [5.74, 6) is 0.209. The molecule has 0 aliphatic rings. The molecule has 0 amide bonds. The number of aromatic hydroxyl groups is 1. The van der Waals surface area contributed by atoms with Crippen LogP contribution in [0.3, 0.4) is 0 Å². The predicted octanol–water partition coefficient (Wildman–Crippen LogP) is 4.89. The molecule has 0 spiro atoms. The van der Waals surface area contributed by atoms with Crippen molar-refractivity contribution in [2.45, 2.75) is 0 Å². The van der Waals surface area contributed by atoms with Crippen molar-refractivity contribution in [3.8, 4) is 27.7 Å². The van der Waals surface area contributed by atoms with Crippen LogP contribution < -0.4 is 5.32 Å². The maximum absolute atomic E-state index is 9.53. The predicted molar refractivity (Wildman–Crippen MR) is 123 cm³/mol. The lowest BCUT2D eigenvalue weighted by Crippen LogP contribution is -1.91. The minimum Gasteiger partial charge on any atom is -0.508 e. The first-order valence-electron chi connectivity index (χ1n) is 9.51. The minimum atomic E-state index is 0.209. The number of anilines is 2. The smallest absolute Gasteiger partial charge is 0.210 e. The molecule has 32 heavy (non-hydrogen) atoms. The van der Waals surface area contributed by atoms with Crippen LogP contribution >= 0.6 is 22.9 Å². The van der Waals surface area contributed by atoms with Crippen molar-refractivity contribution in [3.63, 3.8) is 0 Å². The Morgan fingerprint density at radius 2 is 1.97 bits per heavy atom. The number of halogens is 1. The van der Waals surface area contributed by atoms with Crippen molar-refractivity contribution in [2.24, 2.45) is 0 Å². The number of fused-ring (bicyclic) bond motifs is 2. The zero-order valence-corrected chi connectivity index (χ0v) is 17.8. The van der Waals surface area contributed by atoms with Gasteiger partial charge in [-0.2, -0.15) is 5.10 Å². The Morgan fingerprint density at radius 1 is 1.09 bits per heavy atom. The Bertz CT molecular complexity index is 1590. The zero-order chi connectivity index (χ0) is 21.7. The van der Waals surface area contributed by atoms with Gasteiger partial charge in [0.25, 0.3) is 0 Å². The highest BCUT2D eigenvalue weighted by Gasteiger charge is 2.16. The van der Waals surface area contributed by atoms with Crippen molar-refractivity contribution >= 4 is 50.3 Å². The second kappa shape index (κ2) is 7.29. The standard InChI is InChI=1S/C21H13ClN8OS/c22-17-13-9-24-27-14(13)5-6-15(17)26-21-29-28-20(32-21)18-19-25-16(10-30(19)8-7-23-18)11-1-3-12(31)4-2-11/h1-10,31H,(H,24,27)(H,26,29). The average Bonchev–Trinajstić information content (AvgIpc) is 3.55. The van der Waals surface area contributed by atoms with Crippen molar-refractivity contribution in [2.75, 3.05) is 5.32 Å². The van der Waals surface area contributed by atoms with Crippen LogP contribution in [0.1, 0.15) is 0 Å². The summed E-state index contributed by atoms with van der Waals surface area (Å²) >= 11 is 7.85. The van der Waals surface area contributed by atoms with Gasteiger partial charge >= 0.3 is 0 Å². The number of aromatic amines is 1. The lowest BCUT2D eigenvalue weighted by atomic mass is 10.2. The van der Waals surface area contributed by atoms with Crippen LogP contribution in [0, 0.1) is 0 Å². The molecule has 2 aromatic carbocycles. The number of nitrogens with one attached hydrogen (secondary N) is 2. The van der Waals surface area contributed by atoms with Gasteiger partial charge < -0.3 is 14.8 Å². The van der Waals surface area contributed by atoms with E-state index >= 15 is 0 Å². The van der Waals surface area contributed by atoms with Gasteiger partial charge in [0.2, 0.25) is 5.13 Å². The Labute approximate surface area is 189 Å². The summed E-state index contributed by atoms with van der Waals surface area (Å²) < 4.78 is 1.89. The van der Waals surface area contributed by atoms with Gasteiger partial charge in [0.1, 0.15) is 11.4 Å². The molecule has 0 saturated carbocycles. The van der Waals surface area contributed by atoms with Crippen LogP contribution in [0.15, 0.2) is 61.2 Å². The molecule has 4 heterocycles. The molecule has 6 aromatic rings. The number of aromatic nitrogens is 7. The molecule has 0 unspecified atom stereocenters. The third-order valence-corrected chi connectivity index (χ3v) is 6.22. The fraction of sp³-hybridized carbons (Fsp3) is 0. The van der Waals surface area contributed by atoms with Crippen LogP contribution in [0.25, 0.3) is 38.5 Å². The second-order valence-corrected chi connectivity index (χ2v) is 8.33. The van der Waals surface area contributed by atoms with E-state index in [4.69, 9.17) is 16.6 Å². The summed E-state index contributed by atoms with van der Waals surface area (Å²) in [6.07, 6.45) is 7.12. The number of phenols is 1. The largest absolute Gasteiger partial charge is 0.508 e. The zero-order valence-electron chi connectivity index (χ0n) is 16.2. The Morgan fingerprint density at radius 3 is 2.84 bits per heavy atom. The van der Waals surface area contributed by atoms with E-state index in [1.165, 1.54) is 11.3 Å². The monoisotopic (exact) mass is 460 g/mol. The molecule has 3 N–H and O–H groups in total. The van der Waals surface area contributed by atoms with E-state index in [1.54, 1.807) is 24.5 Å².